The van der Waals surface area contributed by atoms with Crippen molar-refractivity contribution in [2.45, 2.75) is 6.54 Å². The van der Waals surface area contributed by atoms with E-state index in [4.69, 9.17) is 9.47 Å². The Morgan fingerprint density at radius 1 is 1.07 bits per heavy atom. The quantitative estimate of drug-likeness (QED) is 0.226. The van der Waals surface area contributed by atoms with Crippen molar-refractivity contribution in [1.29, 1.82) is 0 Å². The highest BCUT2D eigenvalue weighted by molar-refractivity contribution is 14.0. The lowest BCUT2D eigenvalue weighted by Crippen LogP contribution is -2.38. The summed E-state index contributed by atoms with van der Waals surface area (Å²) in [6, 6.07) is 14.9. The summed E-state index contributed by atoms with van der Waals surface area (Å²) >= 11 is 0. The molecule has 0 spiro atoms. The first kappa shape index (κ1) is 23.5. The number of carbonyl (C=O) groups excluding carboxylic acids is 1. The van der Waals surface area contributed by atoms with Gasteiger partial charge in [0.2, 0.25) is 0 Å². The van der Waals surface area contributed by atoms with Gasteiger partial charge in [0.1, 0.15) is 18.1 Å². The first-order chi connectivity index (χ1) is 13.2. The van der Waals surface area contributed by atoms with Crippen LogP contribution < -0.4 is 25.4 Å². The van der Waals surface area contributed by atoms with Gasteiger partial charge in [-0.3, -0.25) is 9.79 Å². The zero-order valence-corrected chi connectivity index (χ0v) is 18.7. The Bertz CT molecular complexity index is 766. The van der Waals surface area contributed by atoms with Gasteiger partial charge >= 0.3 is 0 Å². The number of nitrogens with zero attached hydrogens (tertiary/aromatic N) is 1. The third kappa shape index (κ3) is 7.63. The molecule has 0 saturated heterocycles. The molecule has 0 aliphatic rings. The van der Waals surface area contributed by atoms with E-state index in [1.165, 1.54) is 0 Å². The van der Waals surface area contributed by atoms with Crippen LogP contribution in [-0.2, 0) is 6.54 Å². The summed E-state index contributed by atoms with van der Waals surface area (Å²) in [7, 11) is 4.96. The molecule has 0 aromatic heterocycles. The van der Waals surface area contributed by atoms with Crippen molar-refractivity contribution < 1.29 is 14.3 Å². The maximum absolute atomic E-state index is 11.7. The molecule has 0 fully saturated rings. The highest BCUT2D eigenvalue weighted by atomic mass is 127. The number of guanidine groups is 1. The van der Waals surface area contributed by atoms with Gasteiger partial charge in [0, 0.05) is 26.2 Å². The topological polar surface area (TPSA) is 84.0 Å². The average molecular weight is 498 g/mol. The fourth-order valence-corrected chi connectivity index (χ4v) is 2.38. The smallest absolute Gasteiger partial charge is 0.251 e. The molecule has 3 N–H and O–H groups in total. The Kier molecular flexibility index (Phi) is 10.8. The molecule has 0 bridgehead atoms. The molecule has 2 aromatic carbocycles. The van der Waals surface area contributed by atoms with Crippen LogP contribution in [0.1, 0.15) is 15.9 Å². The lowest BCUT2D eigenvalue weighted by Gasteiger charge is -2.13. The number of rotatable bonds is 8. The molecule has 152 valence electrons. The normalized spacial score (nSPS) is 10.5. The number of ether oxygens (including phenoxy) is 2. The predicted molar refractivity (Wildman–Crippen MR) is 122 cm³/mol. The average Bonchev–Trinajstić information content (AvgIpc) is 2.73. The fourth-order valence-electron chi connectivity index (χ4n) is 2.38. The number of nitrogens with one attached hydrogen (secondary N) is 3. The molecule has 0 atom stereocenters. The predicted octanol–water partition coefficient (Wildman–Crippen LogP) is 2.42. The Morgan fingerprint density at radius 2 is 1.79 bits per heavy atom. The van der Waals surface area contributed by atoms with Crippen LogP contribution in [0.4, 0.5) is 0 Å². The molecule has 1 amide bonds. The number of halogens is 1. The van der Waals surface area contributed by atoms with E-state index < -0.39 is 0 Å². The Morgan fingerprint density at radius 3 is 2.43 bits per heavy atom. The summed E-state index contributed by atoms with van der Waals surface area (Å²) in [5, 5.41) is 9.03. The molecule has 0 radical (unpaired) electrons. The van der Waals surface area contributed by atoms with Crippen LogP contribution in [0.5, 0.6) is 11.5 Å². The number of benzene rings is 2. The highest BCUT2D eigenvalue weighted by Gasteiger charge is 2.04. The van der Waals surface area contributed by atoms with E-state index in [0.29, 0.717) is 31.2 Å². The summed E-state index contributed by atoms with van der Waals surface area (Å²) in [6.07, 6.45) is 0. The second kappa shape index (κ2) is 12.8. The Labute approximate surface area is 182 Å². The standard InChI is InChI=1S/C20H26N4O3.HI/c1-21-19(25)16-6-4-5-15(13-16)14-24-20(22-2)23-11-12-27-18-9-7-17(26-3)8-10-18;/h4-10,13H,11-12,14H2,1-3H3,(H,21,25)(H2,22,23,24);1H. The van der Waals surface area contributed by atoms with E-state index in [1.807, 2.05) is 42.5 Å². The van der Waals surface area contributed by atoms with Gasteiger partial charge in [0.15, 0.2) is 5.96 Å². The van der Waals surface area contributed by atoms with Crippen molar-refractivity contribution in [2.24, 2.45) is 4.99 Å². The van der Waals surface area contributed by atoms with E-state index in [0.717, 1.165) is 17.1 Å². The third-order valence-electron chi connectivity index (χ3n) is 3.82. The van der Waals surface area contributed by atoms with Gasteiger partial charge < -0.3 is 25.4 Å². The fraction of sp³-hybridized carbons (Fsp3) is 0.300. The summed E-state index contributed by atoms with van der Waals surface area (Å²) in [5.41, 5.74) is 1.63. The molecule has 0 aliphatic carbocycles. The van der Waals surface area contributed by atoms with Gasteiger partial charge in [0.25, 0.3) is 5.91 Å². The van der Waals surface area contributed by atoms with Crippen LogP contribution in [-0.4, -0.2) is 46.2 Å². The molecule has 0 heterocycles. The first-order valence-corrected chi connectivity index (χ1v) is 8.68. The lowest BCUT2D eigenvalue weighted by atomic mass is 10.1. The van der Waals surface area contributed by atoms with Crippen LogP contribution in [0.25, 0.3) is 0 Å². The molecule has 8 heteroatoms. The van der Waals surface area contributed by atoms with Crippen LogP contribution in [0.3, 0.4) is 0 Å². The van der Waals surface area contributed by atoms with Crippen LogP contribution in [0.15, 0.2) is 53.5 Å². The lowest BCUT2D eigenvalue weighted by molar-refractivity contribution is 0.0963. The number of carbonyl (C=O) groups is 1. The summed E-state index contributed by atoms with van der Waals surface area (Å²) in [5.74, 6) is 2.14. The largest absolute Gasteiger partial charge is 0.497 e. The zero-order valence-electron chi connectivity index (χ0n) is 16.3. The van der Waals surface area contributed by atoms with Crippen LogP contribution in [0.2, 0.25) is 0 Å². The van der Waals surface area contributed by atoms with Gasteiger partial charge in [-0.05, 0) is 42.0 Å². The highest BCUT2D eigenvalue weighted by Crippen LogP contribution is 2.16. The van der Waals surface area contributed by atoms with E-state index >= 15 is 0 Å². The van der Waals surface area contributed by atoms with Crippen molar-refractivity contribution in [2.75, 3.05) is 34.4 Å². The van der Waals surface area contributed by atoms with Gasteiger partial charge in [-0.25, -0.2) is 0 Å². The van der Waals surface area contributed by atoms with Crippen molar-refractivity contribution in [3.05, 3.63) is 59.7 Å². The minimum atomic E-state index is -0.102. The van der Waals surface area contributed by atoms with Gasteiger partial charge in [-0.2, -0.15) is 0 Å². The Balaban J connectivity index is 0.00000392. The molecule has 2 rings (SSSR count). The van der Waals surface area contributed by atoms with Gasteiger partial charge in [-0.1, -0.05) is 12.1 Å². The molecule has 28 heavy (non-hydrogen) atoms. The van der Waals surface area contributed by atoms with Gasteiger partial charge in [-0.15, -0.1) is 24.0 Å². The number of amides is 1. The summed E-state index contributed by atoms with van der Waals surface area (Å²) in [6.45, 7) is 1.66. The molecule has 0 aliphatic heterocycles. The van der Waals surface area contributed by atoms with E-state index in [1.54, 1.807) is 27.3 Å². The minimum absolute atomic E-state index is 0. The summed E-state index contributed by atoms with van der Waals surface area (Å²) < 4.78 is 10.8. The second-order valence-corrected chi connectivity index (χ2v) is 5.66. The van der Waals surface area contributed by atoms with Crippen LogP contribution in [0, 0.1) is 0 Å². The second-order valence-electron chi connectivity index (χ2n) is 5.66. The molecular formula is C20H27IN4O3. The van der Waals surface area contributed by atoms with Crippen LogP contribution >= 0.6 is 24.0 Å². The van der Waals surface area contributed by atoms with Crippen molar-refractivity contribution in [3.63, 3.8) is 0 Å². The SMILES string of the molecule is CN=C(NCCOc1ccc(OC)cc1)NCc1cccc(C(=O)NC)c1.I. The third-order valence-corrected chi connectivity index (χ3v) is 3.82. The number of hydrogen-bond acceptors (Lipinski definition) is 4. The number of methoxy groups -OCH3 is 1. The Hall–Kier alpha value is -2.49. The minimum Gasteiger partial charge on any atom is -0.497 e. The maximum atomic E-state index is 11.7. The monoisotopic (exact) mass is 498 g/mol. The van der Waals surface area contributed by atoms with Crippen molar-refractivity contribution >= 4 is 35.8 Å². The van der Waals surface area contributed by atoms with Crippen molar-refractivity contribution in [3.8, 4) is 11.5 Å². The molecule has 2 aromatic rings. The molecule has 0 saturated carbocycles. The molecular weight excluding hydrogens is 471 g/mol. The zero-order chi connectivity index (χ0) is 19.5. The van der Waals surface area contributed by atoms with Gasteiger partial charge in [0.05, 0.1) is 13.7 Å². The number of aliphatic imine (C=N–C) groups is 1. The number of hydrogen-bond donors (Lipinski definition) is 3. The summed E-state index contributed by atoms with van der Waals surface area (Å²) in [4.78, 5) is 15.9. The van der Waals surface area contributed by atoms with E-state index in [9.17, 15) is 4.79 Å². The molecule has 7 nitrogen and oxygen atoms in total. The maximum Gasteiger partial charge on any atom is 0.251 e. The van der Waals surface area contributed by atoms with E-state index in [2.05, 4.69) is 20.9 Å². The van der Waals surface area contributed by atoms with Crippen molar-refractivity contribution in [1.82, 2.24) is 16.0 Å². The first-order valence-electron chi connectivity index (χ1n) is 8.68. The molecule has 0 unspecified atom stereocenters. The van der Waals surface area contributed by atoms with E-state index in [-0.39, 0.29) is 29.9 Å².